The Hall–Kier alpha value is -6.14. The number of fused-ring (bicyclic) bond motifs is 7. The molecule has 8 aromatic rings. The number of rotatable bonds is 2. The van der Waals surface area contributed by atoms with Crippen LogP contribution in [0, 0.1) is 0 Å². The van der Waals surface area contributed by atoms with Crippen molar-refractivity contribution in [3.63, 3.8) is 0 Å². The molecule has 9 rings (SSSR count). The maximum Gasteiger partial charge on any atom is 0.218 e. The van der Waals surface area contributed by atoms with Crippen LogP contribution in [0.5, 0.6) is 0 Å². The van der Waals surface area contributed by atoms with Gasteiger partial charge < -0.3 is 10.1 Å². The zero-order valence-electron chi connectivity index (χ0n) is 23.0. The van der Waals surface area contributed by atoms with Gasteiger partial charge in [0.05, 0.1) is 22.3 Å². The van der Waals surface area contributed by atoms with Crippen molar-refractivity contribution < 1.29 is 14.7 Å². The number of carbonyl (C=O) groups excluding carboxylic acids is 2. The molecule has 0 atom stereocenters. The Morgan fingerprint density at radius 2 is 1.20 bits per heavy atom. The summed E-state index contributed by atoms with van der Waals surface area (Å²) in [4.78, 5) is 49.5. The van der Waals surface area contributed by atoms with Crippen LogP contribution in [-0.2, 0) is 0 Å². The van der Waals surface area contributed by atoms with Crippen LogP contribution in [0.3, 0.4) is 0 Å². The third-order valence-corrected chi connectivity index (χ3v) is 8.87. The third kappa shape index (κ3) is 3.14. The van der Waals surface area contributed by atoms with Gasteiger partial charge >= 0.3 is 0 Å². The summed E-state index contributed by atoms with van der Waals surface area (Å²) in [6.45, 7) is 0. The molecule has 0 bridgehead atoms. The fourth-order valence-corrected chi connectivity index (χ4v) is 6.91. The van der Waals surface area contributed by atoms with Gasteiger partial charge in [-0.2, -0.15) is 0 Å². The van der Waals surface area contributed by atoms with E-state index in [2.05, 4.69) is 9.98 Å². The molecule has 2 N–H and O–H groups in total. The molecule has 44 heavy (non-hydrogen) atoms. The van der Waals surface area contributed by atoms with Gasteiger partial charge in [0.1, 0.15) is 0 Å². The van der Waals surface area contributed by atoms with Crippen LogP contribution in [0.15, 0.2) is 119 Å². The molecule has 1 aliphatic rings. The predicted octanol–water partition coefficient (Wildman–Crippen LogP) is 7.99. The Bertz CT molecular complexity index is 2670. The largest absolute Gasteiger partial charge is 0.493 e. The topological polar surface area (TPSA) is 99.6 Å². The first-order valence-corrected chi connectivity index (χ1v) is 14.2. The van der Waals surface area contributed by atoms with Crippen molar-refractivity contribution in [2.75, 3.05) is 0 Å². The Balaban J connectivity index is 1.30. The van der Waals surface area contributed by atoms with E-state index in [9.17, 15) is 19.5 Å². The molecule has 7 aromatic carbocycles. The molecule has 0 aliphatic heterocycles. The second-order valence-electron chi connectivity index (χ2n) is 11.1. The molecule has 1 aromatic heterocycles. The summed E-state index contributed by atoms with van der Waals surface area (Å²) in [6, 6.07) is 32.7. The fourth-order valence-electron chi connectivity index (χ4n) is 6.91. The normalized spacial score (nSPS) is 13.4. The lowest BCUT2D eigenvalue weighted by atomic mass is 9.81. The second kappa shape index (κ2) is 8.69. The number of ketones is 2. The van der Waals surface area contributed by atoms with Crippen molar-refractivity contribution in [3.05, 3.63) is 147 Å². The lowest BCUT2D eigenvalue weighted by Crippen LogP contribution is -2.22. The van der Waals surface area contributed by atoms with E-state index in [-0.39, 0.29) is 45.3 Å². The number of nitrogens with zero attached hydrogens (tertiary/aromatic N) is 1. The Morgan fingerprint density at radius 1 is 0.545 bits per heavy atom. The highest BCUT2D eigenvalue weighted by molar-refractivity contribution is 6.36. The van der Waals surface area contributed by atoms with E-state index in [4.69, 9.17) is 0 Å². The fraction of sp³-hybridized carbons (Fsp3) is 0. The number of nitrogens with one attached hydrogen (secondary N) is 1. The summed E-state index contributed by atoms with van der Waals surface area (Å²) in [5.74, 6) is -0.874. The van der Waals surface area contributed by atoms with Crippen molar-refractivity contribution in [2.24, 2.45) is 4.99 Å². The molecule has 0 fully saturated rings. The lowest BCUT2D eigenvalue weighted by Gasteiger charge is -2.22. The van der Waals surface area contributed by atoms with Gasteiger partial charge in [-0.15, -0.1) is 0 Å². The number of aliphatic imine (C=N–C) groups is 1. The van der Waals surface area contributed by atoms with Crippen molar-refractivity contribution in [1.82, 2.24) is 4.98 Å². The molecule has 206 valence electrons. The molecule has 0 saturated carbocycles. The van der Waals surface area contributed by atoms with Gasteiger partial charge in [-0.25, -0.2) is 4.99 Å². The number of hydrogen-bond donors (Lipinski definition) is 2. The average Bonchev–Trinajstić information content (AvgIpc) is 3.06. The highest BCUT2D eigenvalue weighted by Crippen LogP contribution is 2.42. The van der Waals surface area contributed by atoms with Gasteiger partial charge in [0.15, 0.2) is 17.0 Å². The SMILES string of the molecule is O=C1c2ccc3c([nH]c4ccc5c6ccccc6c(=O)c6ccc3c4c65)c2C(=O)c2cccc(N=C(O)c3ccccc3)c21. The minimum atomic E-state index is -0.336. The van der Waals surface area contributed by atoms with E-state index in [1.807, 2.05) is 60.7 Å². The molecule has 1 heterocycles. The Kier molecular flexibility index (Phi) is 4.83. The van der Waals surface area contributed by atoms with Gasteiger partial charge in [0, 0.05) is 49.1 Å². The van der Waals surface area contributed by atoms with Crippen LogP contribution in [0.4, 0.5) is 5.69 Å². The molecule has 0 spiro atoms. The van der Waals surface area contributed by atoms with Gasteiger partial charge in [-0.1, -0.05) is 72.8 Å². The first-order chi connectivity index (χ1) is 21.5. The highest BCUT2D eigenvalue weighted by atomic mass is 16.3. The number of aromatic amines is 1. The zero-order chi connectivity index (χ0) is 29.7. The minimum absolute atomic E-state index is 0.0119. The van der Waals surface area contributed by atoms with E-state index in [0.717, 1.165) is 37.8 Å². The van der Waals surface area contributed by atoms with Crippen LogP contribution in [0.2, 0.25) is 0 Å². The van der Waals surface area contributed by atoms with E-state index in [1.165, 1.54) is 0 Å². The van der Waals surface area contributed by atoms with Crippen molar-refractivity contribution in [3.8, 4) is 0 Å². The number of pyridine rings is 1. The maximum atomic E-state index is 14.2. The number of aliphatic hydroxyl groups is 1. The summed E-state index contributed by atoms with van der Waals surface area (Å²) in [7, 11) is 0. The van der Waals surface area contributed by atoms with E-state index in [1.54, 1.807) is 48.5 Å². The van der Waals surface area contributed by atoms with Crippen LogP contribution < -0.4 is 5.43 Å². The van der Waals surface area contributed by atoms with E-state index < -0.39 is 0 Å². The summed E-state index contributed by atoms with van der Waals surface area (Å²) < 4.78 is 0. The number of aromatic nitrogens is 1. The molecular formula is C38H20N2O4. The first-order valence-electron chi connectivity index (χ1n) is 14.2. The summed E-state index contributed by atoms with van der Waals surface area (Å²) in [6.07, 6.45) is 0. The van der Waals surface area contributed by atoms with Gasteiger partial charge in [-0.3, -0.25) is 14.4 Å². The summed E-state index contributed by atoms with van der Waals surface area (Å²) >= 11 is 0. The Labute approximate surface area is 248 Å². The number of aliphatic hydroxyl groups excluding tert-OH is 1. The van der Waals surface area contributed by atoms with Crippen molar-refractivity contribution >= 4 is 77.3 Å². The molecule has 0 saturated heterocycles. The Morgan fingerprint density at radius 3 is 2.05 bits per heavy atom. The summed E-state index contributed by atoms with van der Waals surface area (Å²) in [5.41, 5.74) is 3.02. The average molecular weight is 569 g/mol. The second-order valence-corrected chi connectivity index (χ2v) is 11.1. The monoisotopic (exact) mass is 568 g/mol. The zero-order valence-corrected chi connectivity index (χ0v) is 23.0. The third-order valence-electron chi connectivity index (χ3n) is 8.87. The number of carbonyl (C=O) groups is 2. The number of hydrogen-bond acceptors (Lipinski definition) is 4. The highest BCUT2D eigenvalue weighted by Gasteiger charge is 2.34. The van der Waals surface area contributed by atoms with Crippen molar-refractivity contribution in [1.29, 1.82) is 0 Å². The minimum Gasteiger partial charge on any atom is -0.493 e. The molecule has 6 heteroatoms. The van der Waals surface area contributed by atoms with Crippen LogP contribution in [0.25, 0.3) is 54.1 Å². The number of H-pyrrole nitrogens is 1. The molecule has 0 radical (unpaired) electrons. The van der Waals surface area contributed by atoms with Crippen LogP contribution in [-0.4, -0.2) is 27.6 Å². The smallest absolute Gasteiger partial charge is 0.218 e. The van der Waals surface area contributed by atoms with Gasteiger partial charge in [-0.05, 0) is 52.6 Å². The number of benzene rings is 7. The summed E-state index contributed by atoms with van der Waals surface area (Å²) in [5, 5.41) is 17.4. The van der Waals surface area contributed by atoms with Crippen molar-refractivity contribution in [2.45, 2.75) is 0 Å². The van der Waals surface area contributed by atoms with Gasteiger partial charge in [0.2, 0.25) is 5.90 Å². The molecule has 1 aliphatic carbocycles. The molecule has 0 amide bonds. The molecular weight excluding hydrogens is 548 g/mol. The lowest BCUT2D eigenvalue weighted by molar-refractivity contribution is 0.0980. The quantitative estimate of drug-likeness (QED) is 0.0955. The standard InChI is InChI=1S/C38H20N2O4/c41-35-24-10-5-4-9-20(24)21-17-18-29-31-22(13-15-26(35)30(21)31)23-14-16-27-33(34(23)39-29)37(43)25-11-6-12-28(32(25)36(27)42)40-38(44)19-7-2-1-3-8-19/h1-18,39H,(H,40,44). The predicted molar refractivity (Wildman–Crippen MR) is 174 cm³/mol. The van der Waals surface area contributed by atoms with E-state index in [0.29, 0.717) is 27.4 Å². The van der Waals surface area contributed by atoms with Gasteiger partial charge in [0.25, 0.3) is 0 Å². The molecule has 0 unspecified atom stereocenters. The van der Waals surface area contributed by atoms with Crippen LogP contribution >= 0.6 is 0 Å². The van der Waals surface area contributed by atoms with Crippen LogP contribution in [0.1, 0.15) is 37.4 Å². The molecule has 6 nitrogen and oxygen atoms in total. The first kappa shape index (κ1) is 24.5. The maximum absolute atomic E-state index is 14.2. The van der Waals surface area contributed by atoms with E-state index >= 15 is 0 Å².